The average molecular weight is 461 g/mol. The fraction of sp³-hybridized carbons (Fsp3) is 0.348. The lowest BCUT2D eigenvalue weighted by Crippen LogP contribution is -2.41. The lowest BCUT2D eigenvalue weighted by atomic mass is 9.74. The third-order valence-electron chi connectivity index (χ3n) is 6.76. The number of aromatic nitrogens is 6. The van der Waals surface area contributed by atoms with E-state index in [-0.39, 0.29) is 18.3 Å². The van der Waals surface area contributed by atoms with Gasteiger partial charge in [0.15, 0.2) is 0 Å². The van der Waals surface area contributed by atoms with E-state index < -0.39 is 5.41 Å². The molecular weight excluding hydrogens is 439 g/mol. The van der Waals surface area contributed by atoms with Gasteiger partial charge in [-0.25, -0.2) is 19.3 Å². The van der Waals surface area contributed by atoms with E-state index in [1.165, 1.54) is 6.33 Å². The van der Waals surface area contributed by atoms with E-state index in [1.54, 1.807) is 28.7 Å². The predicted octanol–water partition coefficient (Wildman–Crippen LogP) is 3.39. The summed E-state index contributed by atoms with van der Waals surface area (Å²) in [6.45, 7) is 1.27. The Morgan fingerprint density at radius 1 is 1.36 bits per heavy atom. The second-order valence-electron chi connectivity index (χ2n) is 8.51. The summed E-state index contributed by atoms with van der Waals surface area (Å²) in [5.74, 6) is 0.632. The molecule has 2 aliphatic rings. The molecule has 0 amide bonds. The molecule has 6 rings (SSSR count). The molecule has 0 radical (unpaired) electrons. The molecule has 4 aromatic heterocycles. The fourth-order valence-corrected chi connectivity index (χ4v) is 6.16. The molecule has 1 fully saturated rings. The van der Waals surface area contributed by atoms with E-state index in [2.05, 4.69) is 31.4 Å². The van der Waals surface area contributed by atoms with Crippen LogP contribution in [0.5, 0.6) is 0 Å². The quantitative estimate of drug-likeness (QED) is 0.470. The number of nitrogens with zero attached hydrogens (tertiary/aromatic N) is 6. The van der Waals surface area contributed by atoms with E-state index in [1.807, 2.05) is 18.5 Å². The summed E-state index contributed by atoms with van der Waals surface area (Å²) < 4.78 is 17.2. The van der Waals surface area contributed by atoms with Crippen molar-refractivity contribution in [3.05, 3.63) is 54.1 Å². The first-order valence-electron chi connectivity index (χ1n) is 10.9. The highest BCUT2D eigenvalue weighted by Crippen LogP contribution is 2.45. The molecule has 10 heteroatoms. The molecule has 2 N–H and O–H groups in total. The highest BCUT2D eigenvalue weighted by molar-refractivity contribution is 7.99. The highest BCUT2D eigenvalue weighted by Gasteiger charge is 2.47. The van der Waals surface area contributed by atoms with Crippen LogP contribution in [0.2, 0.25) is 0 Å². The van der Waals surface area contributed by atoms with Crippen LogP contribution in [-0.4, -0.2) is 48.6 Å². The van der Waals surface area contributed by atoms with E-state index >= 15 is 4.39 Å². The number of thioether (sulfide) groups is 1. The number of nitriles is 1. The van der Waals surface area contributed by atoms with Gasteiger partial charge in [0, 0.05) is 35.6 Å². The summed E-state index contributed by atoms with van der Waals surface area (Å²) >= 11 is 1.67. The van der Waals surface area contributed by atoms with E-state index in [9.17, 15) is 5.26 Å². The van der Waals surface area contributed by atoms with Crippen molar-refractivity contribution in [2.75, 3.05) is 18.8 Å². The molecule has 0 saturated carbocycles. The van der Waals surface area contributed by atoms with Gasteiger partial charge in [-0.3, -0.25) is 4.68 Å². The number of pyridine rings is 1. The molecule has 1 saturated heterocycles. The van der Waals surface area contributed by atoms with Crippen molar-refractivity contribution in [1.29, 1.82) is 5.26 Å². The first-order valence-corrected chi connectivity index (χ1v) is 11.9. The van der Waals surface area contributed by atoms with Crippen molar-refractivity contribution in [2.24, 2.45) is 0 Å². The number of nitrogens with one attached hydrogen (secondary N) is 2. The maximum absolute atomic E-state index is 15.4. The molecule has 0 aromatic carbocycles. The van der Waals surface area contributed by atoms with Crippen LogP contribution in [0.25, 0.3) is 22.3 Å². The minimum absolute atomic E-state index is 0.192. The van der Waals surface area contributed by atoms with Crippen molar-refractivity contribution in [1.82, 2.24) is 35.0 Å². The Bertz CT molecular complexity index is 1380. The summed E-state index contributed by atoms with van der Waals surface area (Å²) in [6, 6.07) is 5.50. The van der Waals surface area contributed by atoms with Crippen molar-refractivity contribution in [3.8, 4) is 17.3 Å². The monoisotopic (exact) mass is 460 g/mol. The van der Waals surface area contributed by atoms with Gasteiger partial charge in [-0.2, -0.15) is 10.4 Å². The number of hydrogen-bond acceptors (Lipinski definition) is 7. The van der Waals surface area contributed by atoms with Crippen LogP contribution in [0.3, 0.4) is 0 Å². The Labute approximate surface area is 193 Å². The predicted molar refractivity (Wildman–Crippen MR) is 122 cm³/mol. The zero-order valence-electron chi connectivity index (χ0n) is 17.8. The third-order valence-corrected chi connectivity index (χ3v) is 7.79. The van der Waals surface area contributed by atoms with E-state index in [0.717, 1.165) is 51.6 Å². The fourth-order valence-electron chi connectivity index (χ4n) is 5.14. The minimum Gasteiger partial charge on any atom is -0.346 e. The van der Waals surface area contributed by atoms with Crippen molar-refractivity contribution in [3.63, 3.8) is 0 Å². The topological polar surface area (TPSA) is 108 Å². The SMILES string of the molecule is N#CC[C@H](n1cc(-c2ncnc3[nH]ccc23)cn1)[C@]1(c2nc3c(cc2F)CCS3)CCNC1. The number of aryl methyl sites for hydroxylation is 1. The standard InChI is InChI=1S/C23H21FN8S/c24-17-9-14-3-8-33-22(14)31-20(17)23(4-7-26-12-23)18(1-5-25)32-11-15(10-30-32)19-16-2-6-27-21(16)29-13-28-19/h2,6,9-11,13,18,26H,1,3-4,7-8,12H2,(H,27,28,29)/t18-,23-/m0/s1. The van der Waals surface area contributed by atoms with Gasteiger partial charge in [0.05, 0.1) is 46.6 Å². The lowest BCUT2D eigenvalue weighted by Gasteiger charge is -2.36. The van der Waals surface area contributed by atoms with Crippen LogP contribution in [0.4, 0.5) is 4.39 Å². The number of halogens is 1. The molecule has 0 spiro atoms. The number of H-pyrrole nitrogens is 1. The Morgan fingerprint density at radius 3 is 3.15 bits per heavy atom. The van der Waals surface area contributed by atoms with Gasteiger partial charge in [0.2, 0.25) is 0 Å². The molecule has 2 aliphatic heterocycles. The Morgan fingerprint density at radius 2 is 2.30 bits per heavy atom. The first-order chi connectivity index (χ1) is 16.2. The molecule has 0 unspecified atom stereocenters. The number of fused-ring (bicyclic) bond motifs is 2. The van der Waals surface area contributed by atoms with Crippen LogP contribution in [-0.2, 0) is 11.8 Å². The smallest absolute Gasteiger partial charge is 0.145 e. The van der Waals surface area contributed by atoms with Crippen LogP contribution < -0.4 is 5.32 Å². The summed E-state index contributed by atoms with van der Waals surface area (Å²) in [6.07, 6.45) is 8.70. The van der Waals surface area contributed by atoms with Crippen LogP contribution in [0.15, 0.2) is 42.1 Å². The van der Waals surface area contributed by atoms with E-state index in [0.29, 0.717) is 18.7 Å². The van der Waals surface area contributed by atoms with E-state index in [4.69, 9.17) is 4.98 Å². The summed E-state index contributed by atoms with van der Waals surface area (Å²) in [7, 11) is 0. The molecule has 33 heavy (non-hydrogen) atoms. The van der Waals surface area contributed by atoms with Crippen LogP contribution in [0, 0.1) is 17.1 Å². The molecular formula is C23H21FN8S. The van der Waals surface area contributed by atoms with Crippen molar-refractivity contribution in [2.45, 2.75) is 35.7 Å². The van der Waals surface area contributed by atoms with Crippen LogP contribution >= 0.6 is 11.8 Å². The second-order valence-corrected chi connectivity index (χ2v) is 9.60. The average Bonchev–Trinajstić information content (AvgIpc) is 3.63. The van der Waals surface area contributed by atoms with Crippen LogP contribution in [0.1, 0.15) is 30.1 Å². The van der Waals surface area contributed by atoms with Gasteiger partial charge >= 0.3 is 0 Å². The number of rotatable bonds is 5. The third kappa shape index (κ3) is 3.22. The maximum Gasteiger partial charge on any atom is 0.145 e. The normalized spacial score (nSPS) is 20.7. The molecule has 2 atom stereocenters. The Kier molecular flexibility index (Phi) is 4.89. The van der Waals surface area contributed by atoms with Gasteiger partial charge in [0.1, 0.15) is 17.8 Å². The summed E-state index contributed by atoms with van der Waals surface area (Å²) in [4.78, 5) is 16.6. The largest absolute Gasteiger partial charge is 0.346 e. The van der Waals surface area contributed by atoms with Crippen molar-refractivity contribution >= 4 is 22.8 Å². The van der Waals surface area contributed by atoms with Gasteiger partial charge in [-0.1, -0.05) is 0 Å². The Balaban J connectivity index is 1.46. The van der Waals surface area contributed by atoms with Gasteiger partial charge < -0.3 is 10.3 Å². The maximum atomic E-state index is 15.4. The minimum atomic E-state index is -0.670. The van der Waals surface area contributed by atoms with Gasteiger partial charge in [0.25, 0.3) is 0 Å². The molecule has 8 nitrogen and oxygen atoms in total. The zero-order chi connectivity index (χ0) is 22.4. The molecule has 166 valence electrons. The molecule has 0 aliphatic carbocycles. The number of aromatic amines is 1. The molecule has 4 aromatic rings. The summed E-state index contributed by atoms with van der Waals surface area (Å²) in [5, 5.41) is 19.5. The van der Waals surface area contributed by atoms with Gasteiger partial charge in [-0.05, 0) is 37.1 Å². The van der Waals surface area contributed by atoms with Gasteiger partial charge in [-0.15, -0.1) is 11.8 Å². The Hall–Kier alpha value is -3.29. The van der Waals surface area contributed by atoms with Crippen molar-refractivity contribution < 1.29 is 4.39 Å². The number of hydrogen-bond donors (Lipinski definition) is 2. The second kappa shape index (κ2) is 7.93. The highest BCUT2D eigenvalue weighted by atomic mass is 32.2. The molecule has 6 heterocycles. The lowest BCUT2D eigenvalue weighted by molar-refractivity contribution is 0.256. The molecule has 0 bridgehead atoms. The first kappa shape index (κ1) is 20.3. The zero-order valence-corrected chi connectivity index (χ0v) is 18.6. The summed E-state index contributed by atoms with van der Waals surface area (Å²) in [5.41, 5.74) is 3.08.